The Bertz CT molecular complexity index is 752. The standard InChI is InChI=1S/C13H13N5OS3/c14-12-17-18-13(22-12)20-7-10(19)15-6-5-11-16-8-3-1-2-4-9(8)21-11/h1-4H,5-7H2,(H2,14,17)(H,15,19). The van der Waals surface area contributed by atoms with Gasteiger partial charge in [0, 0.05) is 13.0 Å². The average molecular weight is 351 g/mol. The monoisotopic (exact) mass is 351 g/mol. The van der Waals surface area contributed by atoms with Gasteiger partial charge in [-0.3, -0.25) is 4.79 Å². The molecule has 0 atom stereocenters. The van der Waals surface area contributed by atoms with Crippen molar-refractivity contribution in [2.24, 2.45) is 0 Å². The minimum Gasteiger partial charge on any atom is -0.374 e. The number of carbonyl (C=O) groups is 1. The molecule has 0 bridgehead atoms. The highest BCUT2D eigenvalue weighted by atomic mass is 32.2. The molecule has 2 aromatic heterocycles. The fourth-order valence-electron chi connectivity index (χ4n) is 1.79. The van der Waals surface area contributed by atoms with Crippen LogP contribution in [0.15, 0.2) is 28.6 Å². The predicted molar refractivity (Wildman–Crippen MR) is 91.4 cm³/mol. The third-order valence-corrected chi connectivity index (χ3v) is 5.73. The molecule has 0 saturated heterocycles. The highest BCUT2D eigenvalue weighted by Gasteiger charge is 2.07. The fraction of sp³-hybridized carbons (Fsp3) is 0.231. The Kier molecular flexibility index (Phi) is 4.86. The molecule has 9 heteroatoms. The van der Waals surface area contributed by atoms with E-state index >= 15 is 0 Å². The molecule has 6 nitrogen and oxygen atoms in total. The summed E-state index contributed by atoms with van der Waals surface area (Å²) in [6, 6.07) is 8.03. The first kappa shape index (κ1) is 15.2. The topological polar surface area (TPSA) is 93.8 Å². The maximum Gasteiger partial charge on any atom is 0.230 e. The Morgan fingerprint density at radius 3 is 2.91 bits per heavy atom. The van der Waals surface area contributed by atoms with E-state index in [1.807, 2.05) is 18.2 Å². The zero-order chi connectivity index (χ0) is 15.4. The minimum atomic E-state index is -0.0279. The molecule has 1 amide bonds. The Hall–Kier alpha value is -1.71. The van der Waals surface area contributed by atoms with Crippen molar-refractivity contribution in [3.05, 3.63) is 29.3 Å². The summed E-state index contributed by atoms with van der Waals surface area (Å²) in [7, 11) is 0. The zero-order valence-electron chi connectivity index (χ0n) is 11.5. The lowest BCUT2D eigenvalue weighted by Crippen LogP contribution is -2.27. The number of carbonyl (C=O) groups excluding carboxylic acids is 1. The van der Waals surface area contributed by atoms with Crippen LogP contribution in [0.1, 0.15) is 5.01 Å². The SMILES string of the molecule is Nc1nnc(SCC(=O)NCCc2nc3ccccc3s2)s1. The molecule has 0 radical (unpaired) electrons. The van der Waals surface area contributed by atoms with Crippen LogP contribution >= 0.6 is 34.4 Å². The summed E-state index contributed by atoms with van der Waals surface area (Å²) in [6.45, 7) is 0.581. The van der Waals surface area contributed by atoms with E-state index in [2.05, 4.69) is 26.6 Å². The van der Waals surface area contributed by atoms with Gasteiger partial charge in [-0.15, -0.1) is 21.5 Å². The molecule has 1 aromatic carbocycles. The summed E-state index contributed by atoms with van der Waals surface area (Å²) in [5, 5.41) is 11.9. The van der Waals surface area contributed by atoms with Gasteiger partial charge in [-0.1, -0.05) is 35.2 Å². The molecule has 22 heavy (non-hydrogen) atoms. The number of hydrogen-bond donors (Lipinski definition) is 2. The number of rotatable bonds is 6. The van der Waals surface area contributed by atoms with Gasteiger partial charge < -0.3 is 11.1 Å². The summed E-state index contributed by atoms with van der Waals surface area (Å²) in [4.78, 5) is 16.3. The molecule has 114 valence electrons. The van der Waals surface area contributed by atoms with Crippen LogP contribution in [0, 0.1) is 0 Å². The molecular weight excluding hydrogens is 338 g/mol. The van der Waals surface area contributed by atoms with Gasteiger partial charge in [0.25, 0.3) is 0 Å². The van der Waals surface area contributed by atoms with Crippen molar-refractivity contribution in [2.75, 3.05) is 18.0 Å². The third kappa shape index (κ3) is 3.93. The molecule has 3 rings (SSSR count). The van der Waals surface area contributed by atoms with Gasteiger partial charge in [-0.05, 0) is 12.1 Å². The van der Waals surface area contributed by atoms with Crippen LogP contribution in [0.2, 0.25) is 0 Å². The quantitative estimate of drug-likeness (QED) is 0.661. The number of para-hydroxylation sites is 1. The summed E-state index contributed by atoms with van der Waals surface area (Å²) in [5.74, 6) is 0.286. The molecule has 0 saturated carbocycles. The summed E-state index contributed by atoms with van der Waals surface area (Å²) < 4.78 is 1.88. The predicted octanol–water partition coefficient (Wildman–Crippen LogP) is 2.18. The summed E-state index contributed by atoms with van der Waals surface area (Å²) in [6.07, 6.45) is 0.738. The second-order valence-electron chi connectivity index (χ2n) is 4.37. The largest absolute Gasteiger partial charge is 0.374 e. The van der Waals surface area contributed by atoms with Crippen LogP contribution in [0.5, 0.6) is 0 Å². The van der Waals surface area contributed by atoms with E-state index in [0.29, 0.717) is 21.8 Å². The third-order valence-electron chi connectivity index (χ3n) is 2.75. The van der Waals surface area contributed by atoms with Crippen LogP contribution in [0.4, 0.5) is 5.13 Å². The first-order valence-electron chi connectivity index (χ1n) is 6.53. The number of thioether (sulfide) groups is 1. The van der Waals surface area contributed by atoms with Gasteiger partial charge in [-0.2, -0.15) is 0 Å². The first-order chi connectivity index (χ1) is 10.7. The minimum absolute atomic E-state index is 0.0279. The Labute approximate surface area is 139 Å². The van der Waals surface area contributed by atoms with Gasteiger partial charge in [0.15, 0.2) is 4.34 Å². The fourth-order valence-corrected chi connectivity index (χ4v) is 4.23. The number of nitrogens with zero attached hydrogens (tertiary/aromatic N) is 3. The molecule has 0 aliphatic carbocycles. The summed E-state index contributed by atoms with van der Waals surface area (Å²) >= 11 is 4.29. The average Bonchev–Trinajstić information content (AvgIpc) is 3.10. The normalized spacial score (nSPS) is 10.9. The van der Waals surface area contributed by atoms with Crippen molar-refractivity contribution in [1.29, 1.82) is 0 Å². The van der Waals surface area contributed by atoms with E-state index in [4.69, 9.17) is 5.73 Å². The van der Waals surface area contributed by atoms with Gasteiger partial charge >= 0.3 is 0 Å². The van der Waals surface area contributed by atoms with Crippen molar-refractivity contribution < 1.29 is 4.79 Å². The Morgan fingerprint density at radius 1 is 1.27 bits per heavy atom. The van der Waals surface area contributed by atoms with Crippen molar-refractivity contribution in [1.82, 2.24) is 20.5 Å². The van der Waals surface area contributed by atoms with Crippen LogP contribution in [-0.4, -0.2) is 33.4 Å². The van der Waals surface area contributed by atoms with Gasteiger partial charge in [0.1, 0.15) is 0 Å². The Balaban J connectivity index is 1.43. The number of nitrogen functional groups attached to an aromatic ring is 1. The van der Waals surface area contributed by atoms with Gasteiger partial charge in [-0.25, -0.2) is 4.98 Å². The van der Waals surface area contributed by atoms with E-state index in [9.17, 15) is 4.79 Å². The summed E-state index contributed by atoms with van der Waals surface area (Å²) in [5.41, 5.74) is 6.50. The van der Waals surface area contributed by atoms with Gasteiger partial charge in [0.05, 0.1) is 21.0 Å². The van der Waals surface area contributed by atoms with Crippen molar-refractivity contribution in [2.45, 2.75) is 10.8 Å². The lowest BCUT2D eigenvalue weighted by molar-refractivity contribution is -0.118. The van der Waals surface area contributed by atoms with Crippen LogP contribution in [-0.2, 0) is 11.2 Å². The second-order valence-corrected chi connectivity index (χ2v) is 7.72. The zero-order valence-corrected chi connectivity index (χ0v) is 13.9. The van der Waals surface area contributed by atoms with E-state index in [1.54, 1.807) is 11.3 Å². The molecule has 3 aromatic rings. The smallest absolute Gasteiger partial charge is 0.230 e. The number of benzene rings is 1. The molecule has 2 heterocycles. The molecule has 0 fully saturated rings. The van der Waals surface area contributed by atoms with Crippen molar-refractivity contribution >= 4 is 55.7 Å². The molecule has 0 aliphatic rings. The number of nitrogens with two attached hydrogens (primary N) is 1. The Morgan fingerprint density at radius 2 is 2.14 bits per heavy atom. The second kappa shape index (κ2) is 7.03. The molecule has 0 spiro atoms. The number of thiazole rings is 1. The molecular formula is C13H13N5OS3. The lowest BCUT2D eigenvalue weighted by atomic mass is 10.3. The number of amides is 1. The van der Waals surface area contributed by atoms with Crippen LogP contribution in [0.3, 0.4) is 0 Å². The number of aromatic nitrogens is 3. The van der Waals surface area contributed by atoms with Gasteiger partial charge in [0.2, 0.25) is 11.0 Å². The molecule has 0 aliphatic heterocycles. The molecule has 3 N–H and O–H groups in total. The maximum absolute atomic E-state index is 11.8. The molecule has 0 unspecified atom stereocenters. The van der Waals surface area contributed by atoms with E-state index < -0.39 is 0 Å². The highest BCUT2D eigenvalue weighted by Crippen LogP contribution is 2.23. The number of nitrogens with one attached hydrogen (secondary N) is 1. The first-order valence-corrected chi connectivity index (χ1v) is 9.15. The number of hydrogen-bond acceptors (Lipinski definition) is 8. The van der Waals surface area contributed by atoms with Crippen molar-refractivity contribution in [3.8, 4) is 0 Å². The van der Waals surface area contributed by atoms with Crippen molar-refractivity contribution in [3.63, 3.8) is 0 Å². The van der Waals surface area contributed by atoms with Crippen LogP contribution in [0.25, 0.3) is 10.2 Å². The van der Waals surface area contributed by atoms with E-state index in [0.717, 1.165) is 16.9 Å². The number of fused-ring (bicyclic) bond motifs is 1. The van der Waals surface area contributed by atoms with E-state index in [1.165, 1.54) is 27.8 Å². The number of anilines is 1. The highest BCUT2D eigenvalue weighted by molar-refractivity contribution is 8.01. The van der Waals surface area contributed by atoms with E-state index in [-0.39, 0.29) is 5.91 Å². The maximum atomic E-state index is 11.8. The van der Waals surface area contributed by atoms with Crippen LogP contribution < -0.4 is 11.1 Å². The lowest BCUT2D eigenvalue weighted by Gasteiger charge is -2.02.